The van der Waals surface area contributed by atoms with Gasteiger partial charge in [-0.3, -0.25) is 4.72 Å². The number of nitrogens with zero attached hydrogens (tertiary/aromatic N) is 1. The minimum atomic E-state index is -3.71. The summed E-state index contributed by atoms with van der Waals surface area (Å²) in [5.41, 5.74) is 6.68. The molecule has 0 unspecified atom stereocenters. The molecule has 3 N–H and O–H groups in total. The van der Waals surface area contributed by atoms with Gasteiger partial charge in [-0.25, -0.2) is 13.4 Å². The Balaban J connectivity index is 1.97. The Morgan fingerprint density at radius 2 is 2.00 bits per heavy atom. The summed E-state index contributed by atoms with van der Waals surface area (Å²) in [7, 11) is -3.71. The highest BCUT2D eigenvalue weighted by molar-refractivity contribution is 7.93. The molecule has 0 spiro atoms. The third-order valence-electron chi connectivity index (χ3n) is 2.74. The van der Waals surface area contributed by atoms with Crippen molar-refractivity contribution in [3.8, 4) is 0 Å². The first-order valence-corrected chi connectivity index (χ1v) is 8.56. The van der Waals surface area contributed by atoms with Crippen LogP contribution in [0.1, 0.15) is 0 Å². The molecule has 0 aliphatic heterocycles. The number of halogens is 1. The molecule has 2 aromatic carbocycles. The normalized spacial score (nSPS) is 11.7. The van der Waals surface area contributed by atoms with E-state index in [4.69, 9.17) is 17.3 Å². The number of hydrogen-bond acceptors (Lipinski definition) is 5. The predicted molar refractivity (Wildman–Crippen MR) is 86.3 cm³/mol. The van der Waals surface area contributed by atoms with Crippen LogP contribution in [-0.2, 0) is 10.0 Å². The zero-order valence-electron chi connectivity index (χ0n) is 10.6. The Hall–Kier alpha value is -1.83. The van der Waals surface area contributed by atoms with Gasteiger partial charge in [-0.05, 0) is 36.4 Å². The minimum absolute atomic E-state index is 0.0970. The van der Waals surface area contributed by atoms with E-state index in [1.54, 1.807) is 30.3 Å². The highest BCUT2D eigenvalue weighted by Crippen LogP contribution is 2.29. The van der Waals surface area contributed by atoms with E-state index in [-0.39, 0.29) is 10.0 Å². The average molecular weight is 340 g/mol. The van der Waals surface area contributed by atoms with E-state index < -0.39 is 10.0 Å². The molecule has 3 aromatic rings. The lowest BCUT2D eigenvalue weighted by Gasteiger charge is -2.05. The lowest BCUT2D eigenvalue weighted by atomic mass is 10.3. The number of benzene rings is 2. The molecule has 0 saturated heterocycles. The smallest absolute Gasteiger partial charge is 0.263 e. The van der Waals surface area contributed by atoms with E-state index >= 15 is 0 Å². The van der Waals surface area contributed by atoms with E-state index in [1.165, 1.54) is 23.5 Å². The third kappa shape index (κ3) is 2.94. The summed E-state index contributed by atoms with van der Waals surface area (Å²) in [6.07, 6.45) is 0. The van der Waals surface area contributed by atoms with Crippen LogP contribution in [-0.4, -0.2) is 13.4 Å². The number of aromatic nitrogens is 1. The van der Waals surface area contributed by atoms with Crippen molar-refractivity contribution in [2.45, 2.75) is 4.90 Å². The standard InChI is InChI=1S/C13H10ClN3O2S2/c14-8-4-5-11-12(6-8)20-13(16-11)17-21(18,19)10-3-1-2-9(15)7-10/h1-7H,15H2,(H,16,17). The molecule has 1 aromatic heterocycles. The first kappa shape index (κ1) is 14.1. The minimum Gasteiger partial charge on any atom is -0.399 e. The number of thiazole rings is 1. The van der Waals surface area contributed by atoms with Crippen LogP contribution in [0.4, 0.5) is 10.8 Å². The fourth-order valence-corrected chi connectivity index (χ4v) is 4.23. The monoisotopic (exact) mass is 339 g/mol. The summed E-state index contributed by atoms with van der Waals surface area (Å²) in [5.74, 6) is 0. The van der Waals surface area contributed by atoms with Gasteiger partial charge in [-0.15, -0.1) is 0 Å². The van der Waals surface area contributed by atoms with Gasteiger partial charge in [0.2, 0.25) is 0 Å². The van der Waals surface area contributed by atoms with E-state index in [9.17, 15) is 8.42 Å². The van der Waals surface area contributed by atoms with Gasteiger partial charge < -0.3 is 5.73 Å². The molecule has 5 nitrogen and oxygen atoms in total. The van der Waals surface area contributed by atoms with Crippen LogP contribution in [0.3, 0.4) is 0 Å². The maximum absolute atomic E-state index is 12.3. The number of rotatable bonds is 3. The SMILES string of the molecule is Nc1cccc(S(=O)(=O)Nc2nc3ccc(Cl)cc3s2)c1. The van der Waals surface area contributed by atoms with Gasteiger partial charge in [-0.2, -0.15) is 0 Å². The highest BCUT2D eigenvalue weighted by atomic mass is 35.5. The molecular weight excluding hydrogens is 330 g/mol. The summed E-state index contributed by atoms with van der Waals surface area (Å²) in [6, 6.07) is 11.3. The van der Waals surface area contributed by atoms with Crippen molar-refractivity contribution in [1.29, 1.82) is 0 Å². The van der Waals surface area contributed by atoms with Crippen molar-refractivity contribution < 1.29 is 8.42 Å². The Kier molecular flexibility index (Phi) is 3.48. The second-order valence-corrected chi connectivity index (χ2v) is 7.46. The molecule has 3 rings (SSSR count). The second kappa shape index (κ2) is 5.18. The average Bonchev–Trinajstić information content (AvgIpc) is 2.79. The van der Waals surface area contributed by atoms with Crippen molar-refractivity contribution in [2.24, 2.45) is 0 Å². The van der Waals surface area contributed by atoms with Crippen LogP contribution in [0.2, 0.25) is 5.02 Å². The topological polar surface area (TPSA) is 85.1 Å². The van der Waals surface area contributed by atoms with E-state index in [2.05, 4.69) is 9.71 Å². The molecule has 108 valence electrons. The Bertz CT molecular complexity index is 922. The van der Waals surface area contributed by atoms with E-state index in [1.807, 2.05) is 0 Å². The fourth-order valence-electron chi connectivity index (χ4n) is 1.80. The van der Waals surface area contributed by atoms with E-state index in [0.717, 1.165) is 4.70 Å². The summed E-state index contributed by atoms with van der Waals surface area (Å²) in [4.78, 5) is 4.32. The zero-order chi connectivity index (χ0) is 15.0. The second-order valence-electron chi connectivity index (χ2n) is 4.31. The van der Waals surface area contributed by atoms with Crippen molar-refractivity contribution in [2.75, 3.05) is 10.5 Å². The molecule has 21 heavy (non-hydrogen) atoms. The number of nitrogen functional groups attached to an aromatic ring is 1. The molecular formula is C13H10ClN3O2S2. The number of anilines is 2. The van der Waals surface area contributed by atoms with Gasteiger partial charge in [0, 0.05) is 10.7 Å². The first-order valence-electron chi connectivity index (χ1n) is 5.88. The number of nitrogens with one attached hydrogen (secondary N) is 1. The molecule has 0 amide bonds. The van der Waals surface area contributed by atoms with Gasteiger partial charge in [0.15, 0.2) is 5.13 Å². The van der Waals surface area contributed by atoms with Crippen LogP contribution >= 0.6 is 22.9 Å². The molecule has 0 fully saturated rings. The quantitative estimate of drug-likeness (QED) is 0.717. The van der Waals surface area contributed by atoms with Crippen LogP contribution in [0, 0.1) is 0 Å². The molecule has 8 heteroatoms. The maximum Gasteiger partial charge on any atom is 0.263 e. The third-order valence-corrected chi connectivity index (χ3v) is 5.38. The predicted octanol–water partition coefficient (Wildman–Crippen LogP) is 3.33. The van der Waals surface area contributed by atoms with Crippen LogP contribution in [0.25, 0.3) is 10.2 Å². The highest BCUT2D eigenvalue weighted by Gasteiger charge is 2.16. The molecule has 0 aliphatic carbocycles. The number of nitrogens with two attached hydrogens (primary N) is 1. The summed E-state index contributed by atoms with van der Waals surface area (Å²) in [6.45, 7) is 0. The Morgan fingerprint density at radius 1 is 1.19 bits per heavy atom. The van der Waals surface area contributed by atoms with Gasteiger partial charge in [0.25, 0.3) is 10.0 Å². The van der Waals surface area contributed by atoms with Crippen LogP contribution < -0.4 is 10.5 Å². The maximum atomic E-state index is 12.3. The molecule has 0 atom stereocenters. The fraction of sp³-hybridized carbons (Fsp3) is 0. The number of hydrogen-bond donors (Lipinski definition) is 2. The molecule has 0 aliphatic rings. The molecule has 0 radical (unpaired) electrons. The van der Waals surface area contributed by atoms with Crippen molar-refractivity contribution in [1.82, 2.24) is 4.98 Å². The molecule has 1 heterocycles. The molecule has 0 saturated carbocycles. The summed E-state index contributed by atoms with van der Waals surface area (Å²) >= 11 is 7.12. The lowest BCUT2D eigenvalue weighted by molar-refractivity contribution is 0.601. The van der Waals surface area contributed by atoms with Gasteiger partial charge in [-0.1, -0.05) is 29.0 Å². The van der Waals surface area contributed by atoms with Gasteiger partial charge in [0.05, 0.1) is 15.1 Å². The molecule has 0 bridgehead atoms. The summed E-state index contributed by atoms with van der Waals surface area (Å²) < 4.78 is 27.8. The number of sulfonamides is 1. The van der Waals surface area contributed by atoms with Crippen LogP contribution in [0.15, 0.2) is 47.4 Å². The number of fused-ring (bicyclic) bond motifs is 1. The van der Waals surface area contributed by atoms with Crippen molar-refractivity contribution in [3.05, 3.63) is 47.5 Å². The summed E-state index contributed by atoms with van der Waals surface area (Å²) in [5, 5.41) is 0.867. The lowest BCUT2D eigenvalue weighted by Crippen LogP contribution is -2.12. The van der Waals surface area contributed by atoms with E-state index in [0.29, 0.717) is 16.2 Å². The van der Waals surface area contributed by atoms with Gasteiger partial charge in [0.1, 0.15) is 0 Å². The largest absolute Gasteiger partial charge is 0.399 e. The Labute approximate surface area is 130 Å². The van der Waals surface area contributed by atoms with Crippen molar-refractivity contribution in [3.63, 3.8) is 0 Å². The first-order chi connectivity index (χ1) is 9.94. The van der Waals surface area contributed by atoms with Gasteiger partial charge >= 0.3 is 0 Å². The Morgan fingerprint density at radius 3 is 2.76 bits per heavy atom. The van der Waals surface area contributed by atoms with Crippen LogP contribution in [0.5, 0.6) is 0 Å². The zero-order valence-corrected chi connectivity index (χ0v) is 13.0. The van der Waals surface area contributed by atoms with Crippen molar-refractivity contribution >= 4 is 54.0 Å².